The summed E-state index contributed by atoms with van der Waals surface area (Å²) < 4.78 is 0. The molecule has 0 unspecified atom stereocenters. The minimum absolute atomic E-state index is 0.601. The first-order chi connectivity index (χ1) is 6.15. The smallest absolute Gasteiger partial charge is 0.0954 e. The molecule has 0 amide bonds. The van der Waals surface area contributed by atoms with Gasteiger partial charge in [-0.3, -0.25) is 5.41 Å². The van der Waals surface area contributed by atoms with Gasteiger partial charge in [0.2, 0.25) is 0 Å². The number of rotatable bonds is 2. The topological polar surface area (TPSA) is 30.3 Å². The van der Waals surface area contributed by atoms with Gasteiger partial charge in [-0.2, -0.15) is 0 Å². The lowest BCUT2D eigenvalue weighted by Gasteiger charge is -2.36. The molecular weight excluding hydrogens is 162 g/mol. The molecule has 0 saturated carbocycles. The number of likely N-dealkylation sites (tertiary alicyclic amines) is 1. The Kier molecular flexibility index (Phi) is 3.72. The van der Waals surface area contributed by atoms with Crippen molar-refractivity contribution in [3.63, 3.8) is 0 Å². The summed E-state index contributed by atoms with van der Waals surface area (Å²) in [5.41, 5.74) is 0. The summed E-state index contributed by atoms with van der Waals surface area (Å²) in [5, 5.41) is 7.74. The highest BCUT2D eigenvalue weighted by molar-refractivity contribution is 5.78. The normalized spacial score (nSPS) is 20.2. The van der Waals surface area contributed by atoms with E-state index < -0.39 is 0 Å². The summed E-state index contributed by atoms with van der Waals surface area (Å²) in [6, 6.07) is 0.601. The van der Waals surface area contributed by atoms with Crippen LogP contribution in [-0.2, 0) is 0 Å². The van der Waals surface area contributed by atoms with Gasteiger partial charge in [-0.25, -0.2) is 0 Å². The first-order valence-electron chi connectivity index (χ1n) is 5.14. The molecule has 0 aromatic carbocycles. The van der Waals surface area contributed by atoms with Crippen molar-refractivity contribution in [2.24, 2.45) is 0 Å². The molecule has 0 spiro atoms. The Balaban J connectivity index is 2.39. The van der Waals surface area contributed by atoms with Gasteiger partial charge < -0.3 is 9.80 Å². The van der Waals surface area contributed by atoms with Gasteiger partial charge in [0.15, 0.2) is 0 Å². The highest BCUT2D eigenvalue weighted by atomic mass is 15.2. The third-order valence-electron chi connectivity index (χ3n) is 3.00. The maximum Gasteiger partial charge on any atom is 0.0954 e. The number of nitrogens with one attached hydrogen (secondary N) is 1. The van der Waals surface area contributed by atoms with Crippen molar-refractivity contribution in [1.29, 1.82) is 5.41 Å². The molecule has 1 N–H and O–H groups in total. The minimum atomic E-state index is 0.601. The van der Waals surface area contributed by atoms with E-state index in [0.717, 1.165) is 12.3 Å². The standard InChI is InChI=1S/C10H21N3/c1-4-10(11)13(3)9-5-7-12(2)8-6-9/h9,11H,4-8H2,1-3H3. The van der Waals surface area contributed by atoms with Crippen LogP contribution in [0.1, 0.15) is 26.2 Å². The predicted octanol–water partition coefficient (Wildman–Crippen LogP) is 1.40. The lowest BCUT2D eigenvalue weighted by molar-refractivity contribution is 0.190. The second kappa shape index (κ2) is 4.61. The van der Waals surface area contributed by atoms with Crippen molar-refractivity contribution in [2.45, 2.75) is 32.2 Å². The van der Waals surface area contributed by atoms with Crippen molar-refractivity contribution < 1.29 is 0 Å². The molecule has 0 atom stereocenters. The second-order valence-electron chi connectivity index (χ2n) is 3.95. The molecule has 3 heteroatoms. The molecule has 0 radical (unpaired) electrons. The van der Waals surface area contributed by atoms with Gasteiger partial charge in [0.1, 0.15) is 0 Å². The van der Waals surface area contributed by atoms with Crippen LogP contribution in [0, 0.1) is 5.41 Å². The fraction of sp³-hybridized carbons (Fsp3) is 0.900. The molecule has 1 aliphatic rings. The van der Waals surface area contributed by atoms with Crippen molar-refractivity contribution in [2.75, 3.05) is 27.2 Å². The van der Waals surface area contributed by atoms with E-state index >= 15 is 0 Å². The molecule has 0 bridgehead atoms. The van der Waals surface area contributed by atoms with Crippen LogP contribution in [0.2, 0.25) is 0 Å². The summed E-state index contributed by atoms with van der Waals surface area (Å²) in [4.78, 5) is 4.51. The third kappa shape index (κ3) is 2.69. The van der Waals surface area contributed by atoms with E-state index in [1.807, 2.05) is 6.92 Å². The van der Waals surface area contributed by atoms with E-state index in [-0.39, 0.29) is 0 Å². The molecule has 1 aliphatic heterocycles. The molecule has 0 aromatic rings. The zero-order valence-corrected chi connectivity index (χ0v) is 9.01. The lowest BCUT2D eigenvalue weighted by Crippen LogP contribution is -2.44. The molecule has 1 fully saturated rings. The summed E-state index contributed by atoms with van der Waals surface area (Å²) >= 11 is 0. The largest absolute Gasteiger partial charge is 0.361 e. The van der Waals surface area contributed by atoms with Gasteiger partial charge in [-0.1, -0.05) is 6.92 Å². The van der Waals surface area contributed by atoms with Crippen molar-refractivity contribution in [1.82, 2.24) is 9.80 Å². The highest BCUT2D eigenvalue weighted by Gasteiger charge is 2.21. The van der Waals surface area contributed by atoms with E-state index in [9.17, 15) is 0 Å². The Bertz CT molecular complexity index is 171. The van der Waals surface area contributed by atoms with E-state index in [4.69, 9.17) is 5.41 Å². The average Bonchev–Trinajstić information content (AvgIpc) is 2.17. The molecular formula is C10H21N3. The van der Waals surface area contributed by atoms with Crippen LogP contribution in [0.25, 0.3) is 0 Å². The molecule has 1 saturated heterocycles. The molecule has 1 rings (SSSR count). The van der Waals surface area contributed by atoms with Gasteiger partial charge >= 0.3 is 0 Å². The zero-order valence-electron chi connectivity index (χ0n) is 9.01. The summed E-state index contributed by atoms with van der Waals surface area (Å²) in [6.07, 6.45) is 3.26. The molecule has 3 nitrogen and oxygen atoms in total. The number of piperidine rings is 1. The minimum Gasteiger partial charge on any atom is -0.361 e. The molecule has 13 heavy (non-hydrogen) atoms. The van der Waals surface area contributed by atoms with Crippen molar-refractivity contribution in [3.8, 4) is 0 Å². The van der Waals surface area contributed by atoms with Crippen LogP contribution >= 0.6 is 0 Å². The van der Waals surface area contributed by atoms with Gasteiger partial charge in [0.25, 0.3) is 0 Å². The molecule has 0 aromatic heterocycles. The Morgan fingerprint density at radius 2 is 2.00 bits per heavy atom. The van der Waals surface area contributed by atoms with Crippen LogP contribution in [0.15, 0.2) is 0 Å². The lowest BCUT2D eigenvalue weighted by atomic mass is 10.0. The second-order valence-corrected chi connectivity index (χ2v) is 3.95. The average molecular weight is 183 g/mol. The van der Waals surface area contributed by atoms with E-state index in [1.165, 1.54) is 25.9 Å². The summed E-state index contributed by atoms with van der Waals surface area (Å²) in [6.45, 7) is 4.39. The van der Waals surface area contributed by atoms with Crippen LogP contribution < -0.4 is 0 Å². The molecule has 0 aliphatic carbocycles. The number of hydrogen-bond donors (Lipinski definition) is 1. The van der Waals surface area contributed by atoms with Gasteiger partial charge in [0, 0.05) is 19.5 Å². The maximum atomic E-state index is 7.74. The number of amidine groups is 1. The maximum absolute atomic E-state index is 7.74. The molecule has 1 heterocycles. The Morgan fingerprint density at radius 3 is 2.46 bits per heavy atom. The Morgan fingerprint density at radius 1 is 1.46 bits per heavy atom. The van der Waals surface area contributed by atoms with Crippen molar-refractivity contribution in [3.05, 3.63) is 0 Å². The quantitative estimate of drug-likeness (QED) is 0.518. The highest BCUT2D eigenvalue weighted by Crippen LogP contribution is 2.14. The van der Waals surface area contributed by atoms with Gasteiger partial charge in [-0.05, 0) is 33.0 Å². The predicted molar refractivity (Wildman–Crippen MR) is 56.3 cm³/mol. The number of hydrogen-bond acceptors (Lipinski definition) is 2. The monoisotopic (exact) mass is 183 g/mol. The van der Waals surface area contributed by atoms with Gasteiger partial charge in [-0.15, -0.1) is 0 Å². The Hall–Kier alpha value is -0.570. The molecule has 76 valence electrons. The summed E-state index contributed by atoms with van der Waals surface area (Å²) in [7, 11) is 4.23. The Labute approximate surface area is 81.2 Å². The third-order valence-corrected chi connectivity index (χ3v) is 3.00. The van der Waals surface area contributed by atoms with E-state index in [0.29, 0.717) is 6.04 Å². The fourth-order valence-electron chi connectivity index (χ4n) is 1.85. The first kappa shape index (κ1) is 10.5. The fourth-order valence-corrected chi connectivity index (χ4v) is 1.85. The van der Waals surface area contributed by atoms with E-state index in [2.05, 4.69) is 23.9 Å². The van der Waals surface area contributed by atoms with E-state index in [1.54, 1.807) is 0 Å². The first-order valence-corrected chi connectivity index (χ1v) is 5.14. The van der Waals surface area contributed by atoms with Gasteiger partial charge in [0.05, 0.1) is 5.84 Å². The van der Waals surface area contributed by atoms with Crippen LogP contribution in [-0.4, -0.2) is 48.9 Å². The zero-order chi connectivity index (χ0) is 9.84. The van der Waals surface area contributed by atoms with Crippen LogP contribution in [0.4, 0.5) is 0 Å². The van der Waals surface area contributed by atoms with Crippen molar-refractivity contribution >= 4 is 5.84 Å². The van der Waals surface area contributed by atoms with Crippen LogP contribution in [0.5, 0.6) is 0 Å². The summed E-state index contributed by atoms with van der Waals surface area (Å²) in [5.74, 6) is 0.773. The number of nitrogens with zero attached hydrogens (tertiary/aromatic N) is 2. The SMILES string of the molecule is CCC(=N)N(C)C1CCN(C)CC1. The van der Waals surface area contributed by atoms with Crippen LogP contribution in [0.3, 0.4) is 0 Å².